The molecule has 0 aliphatic rings. The highest BCUT2D eigenvalue weighted by Gasteiger charge is 2.11. The Morgan fingerprint density at radius 3 is 2.50 bits per heavy atom. The van der Waals surface area contributed by atoms with Crippen LogP contribution in [0.3, 0.4) is 0 Å². The first-order valence-corrected chi connectivity index (χ1v) is 6.04. The Labute approximate surface area is 101 Å². The van der Waals surface area contributed by atoms with Crippen LogP contribution in [0.2, 0.25) is 0 Å². The summed E-state index contributed by atoms with van der Waals surface area (Å²) in [6.07, 6.45) is 2.57. The number of benzene rings is 1. The second kappa shape index (κ2) is 6.19. The number of hydrogen-bond acceptors (Lipinski definition) is 0. The highest BCUT2D eigenvalue weighted by Crippen LogP contribution is 2.19. The van der Waals surface area contributed by atoms with Gasteiger partial charge in [0.25, 0.3) is 0 Å². The van der Waals surface area contributed by atoms with Gasteiger partial charge in [-0.1, -0.05) is 26.3 Å². The van der Waals surface area contributed by atoms with Crippen LogP contribution >= 0.6 is 11.6 Å². The van der Waals surface area contributed by atoms with Crippen LogP contribution in [-0.2, 0) is 6.42 Å². The Morgan fingerprint density at radius 2 is 1.94 bits per heavy atom. The molecule has 2 unspecified atom stereocenters. The number of hydrogen-bond donors (Lipinski definition) is 0. The summed E-state index contributed by atoms with van der Waals surface area (Å²) in [5.41, 5.74) is 0.752. The minimum atomic E-state index is -0.809. The van der Waals surface area contributed by atoms with Crippen LogP contribution in [-0.4, -0.2) is 5.38 Å². The van der Waals surface area contributed by atoms with Gasteiger partial charge in [0.05, 0.1) is 0 Å². The normalized spacial score (nSPS) is 14.8. The first-order chi connectivity index (χ1) is 7.52. The average molecular weight is 247 g/mol. The Kier molecular flexibility index (Phi) is 5.20. The molecule has 0 aliphatic heterocycles. The summed E-state index contributed by atoms with van der Waals surface area (Å²) in [6.45, 7) is 4.26. The summed E-state index contributed by atoms with van der Waals surface area (Å²) < 4.78 is 25.6. The molecule has 0 nitrogen and oxygen atoms in total. The van der Waals surface area contributed by atoms with E-state index in [9.17, 15) is 8.78 Å². The first-order valence-electron chi connectivity index (χ1n) is 5.61. The van der Waals surface area contributed by atoms with Crippen molar-refractivity contribution >= 4 is 11.6 Å². The maximum Gasteiger partial charge on any atom is 0.159 e. The quantitative estimate of drug-likeness (QED) is 0.669. The molecule has 0 aromatic heterocycles. The third-order valence-corrected chi connectivity index (χ3v) is 3.13. The summed E-state index contributed by atoms with van der Waals surface area (Å²) in [5, 5.41) is -0.0141. The third-order valence-electron chi connectivity index (χ3n) is 2.80. The molecule has 0 radical (unpaired) electrons. The minimum Gasteiger partial charge on any atom is -0.204 e. The first kappa shape index (κ1) is 13.4. The fourth-order valence-corrected chi connectivity index (χ4v) is 2.09. The lowest BCUT2D eigenvalue weighted by Crippen LogP contribution is -2.09. The Morgan fingerprint density at radius 1 is 1.25 bits per heavy atom. The van der Waals surface area contributed by atoms with Gasteiger partial charge in [-0.25, -0.2) is 8.78 Å². The van der Waals surface area contributed by atoms with Gasteiger partial charge in [0, 0.05) is 5.38 Å². The molecule has 1 rings (SSSR count). The van der Waals surface area contributed by atoms with Crippen LogP contribution in [0.25, 0.3) is 0 Å². The van der Waals surface area contributed by atoms with E-state index >= 15 is 0 Å². The van der Waals surface area contributed by atoms with Crippen molar-refractivity contribution in [1.82, 2.24) is 0 Å². The molecule has 0 spiro atoms. The topological polar surface area (TPSA) is 0 Å². The molecule has 3 heteroatoms. The van der Waals surface area contributed by atoms with Gasteiger partial charge in [-0.3, -0.25) is 0 Å². The second-order valence-electron chi connectivity index (χ2n) is 4.30. The van der Waals surface area contributed by atoms with Crippen molar-refractivity contribution in [3.05, 3.63) is 35.4 Å². The fraction of sp³-hybridized carbons (Fsp3) is 0.538. The number of rotatable bonds is 5. The monoisotopic (exact) mass is 246 g/mol. The van der Waals surface area contributed by atoms with E-state index < -0.39 is 11.6 Å². The fourth-order valence-electron chi connectivity index (χ4n) is 1.61. The van der Waals surface area contributed by atoms with Gasteiger partial charge in [0.2, 0.25) is 0 Å². The molecular formula is C13H17ClF2. The van der Waals surface area contributed by atoms with Crippen molar-refractivity contribution in [3.63, 3.8) is 0 Å². The van der Waals surface area contributed by atoms with Crippen LogP contribution in [0.15, 0.2) is 18.2 Å². The molecule has 0 saturated carbocycles. The minimum absolute atomic E-state index is 0.0141. The van der Waals surface area contributed by atoms with Crippen molar-refractivity contribution in [3.8, 4) is 0 Å². The number of halogens is 3. The zero-order valence-corrected chi connectivity index (χ0v) is 10.4. The Balaban J connectivity index is 2.56. The zero-order valence-electron chi connectivity index (χ0n) is 9.64. The highest BCUT2D eigenvalue weighted by molar-refractivity contribution is 6.20. The summed E-state index contributed by atoms with van der Waals surface area (Å²) in [7, 11) is 0. The van der Waals surface area contributed by atoms with Gasteiger partial charge in [0.15, 0.2) is 11.6 Å². The summed E-state index contributed by atoms with van der Waals surface area (Å²) in [5.74, 6) is -1.05. The third kappa shape index (κ3) is 4.09. The maximum atomic E-state index is 12.9. The molecule has 16 heavy (non-hydrogen) atoms. The summed E-state index contributed by atoms with van der Waals surface area (Å²) in [4.78, 5) is 0. The lowest BCUT2D eigenvalue weighted by atomic mass is 9.98. The van der Waals surface area contributed by atoms with E-state index in [1.165, 1.54) is 6.07 Å². The van der Waals surface area contributed by atoms with E-state index in [-0.39, 0.29) is 5.38 Å². The molecular weight excluding hydrogens is 230 g/mol. The molecule has 0 saturated heterocycles. The number of alkyl halides is 1. The van der Waals surface area contributed by atoms with Crippen molar-refractivity contribution in [2.75, 3.05) is 0 Å². The SMILES string of the molecule is CCC(C)CC(Cl)Cc1ccc(F)c(F)c1. The highest BCUT2D eigenvalue weighted by atomic mass is 35.5. The second-order valence-corrected chi connectivity index (χ2v) is 4.92. The molecule has 0 bridgehead atoms. The van der Waals surface area contributed by atoms with Crippen LogP contribution in [0, 0.1) is 17.6 Å². The Hall–Kier alpha value is -0.630. The Bertz CT molecular complexity index is 339. The van der Waals surface area contributed by atoms with Crippen LogP contribution in [0.1, 0.15) is 32.3 Å². The largest absolute Gasteiger partial charge is 0.204 e. The van der Waals surface area contributed by atoms with Gasteiger partial charge in [-0.15, -0.1) is 11.6 Å². The van der Waals surface area contributed by atoms with Crippen molar-refractivity contribution in [2.24, 2.45) is 5.92 Å². The van der Waals surface area contributed by atoms with E-state index in [0.717, 1.165) is 24.5 Å². The average Bonchev–Trinajstić information content (AvgIpc) is 2.23. The molecule has 0 aliphatic carbocycles. The predicted octanol–water partition coefficient (Wildman–Crippen LogP) is 4.55. The van der Waals surface area contributed by atoms with E-state index in [4.69, 9.17) is 11.6 Å². The van der Waals surface area contributed by atoms with Crippen molar-refractivity contribution in [2.45, 2.75) is 38.5 Å². The van der Waals surface area contributed by atoms with Crippen LogP contribution in [0.4, 0.5) is 8.78 Å². The molecule has 1 aromatic carbocycles. The zero-order chi connectivity index (χ0) is 12.1. The summed E-state index contributed by atoms with van der Waals surface area (Å²) >= 11 is 6.16. The molecule has 0 N–H and O–H groups in total. The lowest BCUT2D eigenvalue weighted by Gasteiger charge is -2.14. The van der Waals surface area contributed by atoms with E-state index in [0.29, 0.717) is 12.3 Å². The predicted molar refractivity (Wildman–Crippen MR) is 63.8 cm³/mol. The molecule has 0 amide bonds. The molecule has 0 heterocycles. The van der Waals surface area contributed by atoms with Crippen LogP contribution < -0.4 is 0 Å². The van der Waals surface area contributed by atoms with E-state index in [2.05, 4.69) is 13.8 Å². The van der Waals surface area contributed by atoms with Gasteiger partial charge in [0.1, 0.15) is 0 Å². The lowest BCUT2D eigenvalue weighted by molar-refractivity contribution is 0.494. The van der Waals surface area contributed by atoms with Gasteiger partial charge < -0.3 is 0 Å². The smallest absolute Gasteiger partial charge is 0.159 e. The van der Waals surface area contributed by atoms with Gasteiger partial charge in [-0.05, 0) is 36.5 Å². The van der Waals surface area contributed by atoms with Gasteiger partial charge >= 0.3 is 0 Å². The molecule has 0 fully saturated rings. The standard InChI is InChI=1S/C13H17ClF2/c1-3-9(2)6-11(14)7-10-4-5-12(15)13(16)8-10/h4-5,8-9,11H,3,6-7H2,1-2H3. The van der Waals surface area contributed by atoms with Gasteiger partial charge in [-0.2, -0.15) is 0 Å². The van der Waals surface area contributed by atoms with Crippen LogP contribution in [0.5, 0.6) is 0 Å². The molecule has 90 valence electrons. The van der Waals surface area contributed by atoms with Crippen molar-refractivity contribution in [1.29, 1.82) is 0 Å². The maximum absolute atomic E-state index is 12.9. The van der Waals surface area contributed by atoms with E-state index in [1.54, 1.807) is 6.07 Å². The van der Waals surface area contributed by atoms with E-state index in [1.807, 2.05) is 0 Å². The molecule has 2 atom stereocenters. The molecule has 1 aromatic rings. The summed E-state index contributed by atoms with van der Waals surface area (Å²) in [6, 6.07) is 3.96. The van der Waals surface area contributed by atoms with Crippen molar-refractivity contribution < 1.29 is 8.78 Å².